The first-order valence-electron chi connectivity index (χ1n) is 7.06. The van der Waals surface area contributed by atoms with E-state index in [1.54, 1.807) is 6.82 Å². The van der Waals surface area contributed by atoms with E-state index in [1.807, 2.05) is 5.10 Å². The van der Waals surface area contributed by atoms with Gasteiger partial charge in [-0.3, -0.25) is 9.78 Å². The fourth-order valence-electron chi connectivity index (χ4n) is 1.20. The van der Waals surface area contributed by atoms with Crippen LogP contribution in [0.4, 0.5) is 0 Å². The molecule has 1 aromatic heterocycles. The minimum atomic E-state index is -0.668. The number of esters is 2. The Hall–Kier alpha value is -3.13. The van der Waals surface area contributed by atoms with Crippen molar-refractivity contribution in [2.75, 3.05) is 20.7 Å². The first-order valence-corrected chi connectivity index (χ1v) is 7.06. The van der Waals surface area contributed by atoms with E-state index in [1.165, 1.54) is 21.7 Å². The molecule has 1 aliphatic heterocycles. The summed E-state index contributed by atoms with van der Waals surface area (Å²) in [6, 6.07) is 0. The van der Waals surface area contributed by atoms with E-state index in [2.05, 4.69) is 39.8 Å². The van der Waals surface area contributed by atoms with E-state index in [4.69, 9.17) is 0 Å². The number of nitrogens with zero attached hydrogens (tertiary/aromatic N) is 2. The molecule has 0 unspecified atom stereocenters. The van der Waals surface area contributed by atoms with Gasteiger partial charge in [0.1, 0.15) is 0 Å². The molecule has 0 saturated carbocycles. The molecule has 16 heteroatoms. The van der Waals surface area contributed by atoms with Crippen LogP contribution in [0.1, 0.15) is 17.0 Å². The molecule has 0 atom stereocenters. The fraction of sp³-hybridized carbons (Fsp3) is 0.455. The second-order valence-corrected chi connectivity index (χ2v) is 4.06. The van der Waals surface area contributed by atoms with Gasteiger partial charge in [-0.25, -0.2) is 24.9 Å². The zero-order valence-corrected chi connectivity index (χ0v) is 14.6. The number of methoxy groups -OCH3 is 2. The van der Waals surface area contributed by atoms with Crippen LogP contribution in [0.5, 0.6) is 0 Å². The van der Waals surface area contributed by atoms with Crippen LogP contribution in [0.2, 0.25) is 6.82 Å². The second-order valence-electron chi connectivity index (χ2n) is 4.06. The van der Waals surface area contributed by atoms with Crippen molar-refractivity contribution in [2.45, 2.75) is 13.2 Å². The Kier molecular flexibility index (Phi) is 12.5. The monoisotopic (exact) mass is 384 g/mol. The van der Waals surface area contributed by atoms with Gasteiger partial charge in [-0.1, -0.05) is 0 Å². The average Bonchev–Trinajstić information content (AvgIpc) is 3.30. The van der Waals surface area contributed by atoms with Gasteiger partial charge < -0.3 is 9.47 Å². The van der Waals surface area contributed by atoms with E-state index in [-0.39, 0.29) is 30.4 Å². The number of aromatic nitrogens is 3. The summed E-state index contributed by atoms with van der Waals surface area (Å²) in [5, 5.41) is 8.77. The Labute approximate surface area is 153 Å². The van der Waals surface area contributed by atoms with Crippen molar-refractivity contribution in [1.82, 2.24) is 20.6 Å². The van der Waals surface area contributed by atoms with Crippen LogP contribution in [0.3, 0.4) is 0 Å². The SMILES string of the molecule is COC(=O)C1=NNC(=O)C1.COC(=O)c1n[nH]c(=O)[nH]1.C[B]OOCB=O. The molecule has 0 bridgehead atoms. The van der Waals surface area contributed by atoms with Gasteiger partial charge in [0.05, 0.1) is 20.6 Å². The third-order valence-corrected chi connectivity index (χ3v) is 2.24. The normalized spacial score (nSPS) is 11.4. The molecule has 3 N–H and O–H groups in total. The zero-order chi connectivity index (χ0) is 20.7. The molecule has 1 aliphatic rings. The number of aromatic amines is 2. The molecule has 0 aliphatic carbocycles. The van der Waals surface area contributed by atoms with Crippen molar-refractivity contribution in [3.8, 4) is 0 Å². The molecule has 0 fully saturated rings. The van der Waals surface area contributed by atoms with Gasteiger partial charge in [0.15, 0.2) is 5.71 Å². The van der Waals surface area contributed by atoms with E-state index in [9.17, 15) is 23.9 Å². The Balaban J connectivity index is 0.000000384. The maximum atomic E-state index is 10.6. The summed E-state index contributed by atoms with van der Waals surface area (Å²) in [6.45, 7) is 1.65. The Morgan fingerprint density at radius 1 is 1.19 bits per heavy atom. The van der Waals surface area contributed by atoms with Gasteiger partial charge in [0, 0.05) is 0 Å². The maximum absolute atomic E-state index is 10.6. The number of carbonyl (C=O) groups is 3. The molecule has 2 rings (SSSR count). The van der Waals surface area contributed by atoms with Crippen molar-refractivity contribution in [3.63, 3.8) is 0 Å². The van der Waals surface area contributed by atoms with Crippen LogP contribution in [0, 0.1) is 0 Å². The standard InChI is InChI=1S/C5H6N2O3.C4H5N3O3.C2H5B2O3/c1-10-5(9)3-2-4(8)7-6-3;1-10-3(8)2-5-4(9)7-6-2;1-3-7-6-2-4-5/h2H2,1H3,(H,7,8);1H3,(H2,5,6,7,9);2H2,1H3. The van der Waals surface area contributed by atoms with Crippen LogP contribution in [0.15, 0.2) is 9.90 Å². The third kappa shape index (κ3) is 10.5. The topological polar surface area (TPSA) is 191 Å². The minimum absolute atomic E-state index is 0.00958. The number of H-pyrrole nitrogens is 2. The Morgan fingerprint density at radius 2 is 1.85 bits per heavy atom. The summed E-state index contributed by atoms with van der Waals surface area (Å²) in [6.07, 6.45) is 0.0205. The number of hydrazone groups is 1. The first kappa shape index (κ1) is 23.9. The molecule has 0 spiro atoms. The molecule has 1 aromatic rings. The van der Waals surface area contributed by atoms with Crippen molar-refractivity contribution in [1.29, 1.82) is 0 Å². The molecule has 14 nitrogen and oxygen atoms in total. The number of hydrogen-bond donors (Lipinski definition) is 3. The van der Waals surface area contributed by atoms with Gasteiger partial charge in [0.2, 0.25) is 11.7 Å². The number of carbonyl (C=O) groups excluding carboxylic acids is 3. The van der Waals surface area contributed by atoms with Gasteiger partial charge >= 0.3 is 60.0 Å². The van der Waals surface area contributed by atoms with Crippen LogP contribution in [-0.2, 0) is 33.5 Å². The number of nitrogens with one attached hydrogen (secondary N) is 3. The predicted octanol–water partition coefficient (Wildman–Crippen LogP) is -2.47. The summed E-state index contributed by atoms with van der Waals surface area (Å²) in [5.74, 6) is -1.62. The van der Waals surface area contributed by atoms with Gasteiger partial charge in [-0.2, -0.15) is 5.10 Å². The molecule has 2 heterocycles. The molecule has 1 radical (unpaired) electrons. The third-order valence-electron chi connectivity index (χ3n) is 2.24. The molecule has 1 amide bonds. The summed E-state index contributed by atoms with van der Waals surface area (Å²) in [5.41, 5.74) is 1.74. The second kappa shape index (κ2) is 14.1. The van der Waals surface area contributed by atoms with Crippen LogP contribution in [-0.4, -0.2) is 74.1 Å². The average molecular weight is 384 g/mol. The molecule has 27 heavy (non-hydrogen) atoms. The van der Waals surface area contributed by atoms with E-state index in [0.717, 1.165) is 0 Å². The summed E-state index contributed by atoms with van der Waals surface area (Å²) in [7, 11) is 4.41. The van der Waals surface area contributed by atoms with E-state index >= 15 is 0 Å². The number of rotatable bonds is 6. The quantitative estimate of drug-likeness (QED) is 0.156. The number of amides is 1. The van der Waals surface area contributed by atoms with Crippen molar-refractivity contribution in [3.05, 3.63) is 16.3 Å². The molecule has 0 aromatic carbocycles. The van der Waals surface area contributed by atoms with E-state index < -0.39 is 17.6 Å². The Bertz CT molecular complexity index is 717. The van der Waals surface area contributed by atoms with E-state index in [0.29, 0.717) is 7.15 Å². The zero-order valence-electron chi connectivity index (χ0n) is 14.6. The summed E-state index contributed by atoms with van der Waals surface area (Å²) < 4.78 is 18.0. The van der Waals surface area contributed by atoms with Crippen LogP contribution >= 0.6 is 0 Å². The van der Waals surface area contributed by atoms with Gasteiger partial charge in [0.25, 0.3) is 0 Å². The molecule has 145 valence electrons. The predicted molar refractivity (Wildman–Crippen MR) is 87.9 cm³/mol. The molecular weight excluding hydrogens is 368 g/mol. The number of ether oxygens (including phenoxy) is 2. The summed E-state index contributed by atoms with van der Waals surface area (Å²) in [4.78, 5) is 52.5. The van der Waals surface area contributed by atoms with Crippen molar-refractivity contribution >= 4 is 38.2 Å². The first-order chi connectivity index (χ1) is 12.9. The van der Waals surface area contributed by atoms with Crippen LogP contribution in [0.25, 0.3) is 0 Å². The number of hydrogen-bond acceptors (Lipinski definition) is 11. The van der Waals surface area contributed by atoms with Crippen molar-refractivity contribution < 1.29 is 38.3 Å². The van der Waals surface area contributed by atoms with Gasteiger partial charge in [-0.05, 0) is 0 Å². The fourth-order valence-corrected chi connectivity index (χ4v) is 1.20. The Morgan fingerprint density at radius 3 is 2.26 bits per heavy atom. The molecular formula is C11H16B2N5O9. The molecule has 0 saturated heterocycles. The van der Waals surface area contributed by atoms with Crippen molar-refractivity contribution in [2.24, 2.45) is 5.10 Å². The van der Waals surface area contributed by atoms with Crippen LogP contribution < -0.4 is 11.1 Å². The van der Waals surface area contributed by atoms with Gasteiger partial charge in [-0.15, -0.1) is 5.10 Å². The summed E-state index contributed by atoms with van der Waals surface area (Å²) >= 11 is 0.